The number of nitrogens with one attached hydrogen (secondary N) is 2. The Bertz CT molecular complexity index is 352. The van der Waals surface area contributed by atoms with Gasteiger partial charge in [0, 0.05) is 0 Å². The van der Waals surface area contributed by atoms with E-state index in [0.29, 0.717) is 0 Å². The Kier molecular flexibility index (Phi) is 3.69. The van der Waals surface area contributed by atoms with Crippen LogP contribution < -0.4 is 8.12 Å². The second-order valence-corrected chi connectivity index (χ2v) is 5.34. The van der Waals surface area contributed by atoms with Crippen LogP contribution in [0.15, 0.2) is 54.7 Å². The van der Waals surface area contributed by atoms with Gasteiger partial charge in [-0.15, -0.1) is 0 Å². The Morgan fingerprint density at radius 3 is 2.40 bits per heavy atom. The van der Waals surface area contributed by atoms with Gasteiger partial charge in [0.05, 0.1) is 0 Å². The summed E-state index contributed by atoms with van der Waals surface area (Å²) in [6.45, 7) is 0. The molecule has 2 rings (SSSR count). The van der Waals surface area contributed by atoms with E-state index < -0.39 is 17.6 Å². The van der Waals surface area contributed by atoms with Crippen molar-refractivity contribution in [3.8, 4) is 0 Å². The molecule has 15 heavy (non-hydrogen) atoms. The van der Waals surface area contributed by atoms with Crippen molar-refractivity contribution in [3.05, 3.63) is 54.7 Å². The summed E-state index contributed by atoms with van der Waals surface area (Å²) in [5.41, 5.74) is 1.18. The first kappa shape index (κ1) is 10.1. The first-order chi connectivity index (χ1) is 7.45. The number of nitrogens with zero attached hydrogens (tertiary/aromatic N) is 1. The van der Waals surface area contributed by atoms with Crippen LogP contribution in [0.5, 0.6) is 0 Å². The van der Waals surface area contributed by atoms with E-state index >= 15 is 0 Å². The number of hydrogen-bond acceptors (Lipinski definition) is 3. The van der Waals surface area contributed by atoms with Crippen LogP contribution in [0.3, 0.4) is 0 Å². The number of aromatic nitrogens is 1. The first-order valence-corrected chi connectivity index (χ1v) is 7.86. The molecule has 72 valence electrons. The molecule has 2 aromatic rings. The molecule has 0 atom stereocenters. The van der Waals surface area contributed by atoms with Gasteiger partial charge in [0.15, 0.2) is 0 Å². The average Bonchev–Trinajstić information content (AvgIpc) is 2.32. The van der Waals surface area contributed by atoms with Crippen molar-refractivity contribution >= 4 is 11.5 Å². The zero-order valence-electron chi connectivity index (χ0n) is 8.35. The van der Waals surface area contributed by atoms with Crippen molar-refractivity contribution in [2.24, 2.45) is 0 Å². The molecule has 4 heteroatoms. The van der Waals surface area contributed by atoms with Crippen LogP contribution in [0.1, 0.15) is 0 Å². The van der Waals surface area contributed by atoms with Crippen molar-refractivity contribution in [2.75, 3.05) is 8.12 Å². The predicted octanol–water partition coefficient (Wildman–Crippen LogP) is 2.52. The van der Waals surface area contributed by atoms with Crippen LogP contribution in [-0.2, 0) is 17.6 Å². The molecule has 0 bridgehead atoms. The molecule has 0 aliphatic rings. The molecule has 0 aliphatic heterocycles. The number of anilines is 2. The average molecular weight is 251 g/mol. The molecule has 1 aromatic heterocycles. The minimum atomic E-state index is -0.973. The molecule has 0 amide bonds. The van der Waals surface area contributed by atoms with Crippen LogP contribution in [0.25, 0.3) is 0 Å². The van der Waals surface area contributed by atoms with E-state index in [0.717, 1.165) is 5.82 Å². The Balaban J connectivity index is 1.81. The Labute approximate surface area is 97.1 Å². The van der Waals surface area contributed by atoms with Gasteiger partial charge in [-0.1, -0.05) is 0 Å². The van der Waals surface area contributed by atoms with Crippen LogP contribution in [0, 0.1) is 0 Å². The molecule has 3 nitrogen and oxygen atoms in total. The molecule has 0 saturated carbocycles. The van der Waals surface area contributed by atoms with Crippen molar-refractivity contribution in [1.82, 2.24) is 4.98 Å². The summed E-state index contributed by atoms with van der Waals surface area (Å²) in [5.74, 6) is 0.959. The van der Waals surface area contributed by atoms with Crippen molar-refractivity contribution in [3.63, 3.8) is 0 Å². The molecule has 0 aliphatic carbocycles. The van der Waals surface area contributed by atoms with E-state index in [1.165, 1.54) is 5.69 Å². The van der Waals surface area contributed by atoms with Crippen LogP contribution in [0.2, 0.25) is 0 Å². The molecular formula is C11H11N3Zn. The number of benzene rings is 1. The predicted molar refractivity (Wildman–Crippen MR) is 57.9 cm³/mol. The number of para-hydroxylation sites is 1. The third kappa shape index (κ3) is 3.33. The van der Waals surface area contributed by atoms with E-state index in [4.69, 9.17) is 0 Å². The number of pyridine rings is 1. The van der Waals surface area contributed by atoms with E-state index in [9.17, 15) is 0 Å². The van der Waals surface area contributed by atoms with E-state index in [1.54, 1.807) is 6.20 Å². The Hall–Kier alpha value is -1.41. The summed E-state index contributed by atoms with van der Waals surface area (Å²) >= 11 is -0.973. The summed E-state index contributed by atoms with van der Waals surface area (Å²) in [6, 6.07) is 16.1. The SMILES string of the molecule is c1ccc([NH][Zn][NH]c2ccccn2)cc1. The Morgan fingerprint density at radius 2 is 1.67 bits per heavy atom. The maximum atomic E-state index is 4.21. The quantitative estimate of drug-likeness (QED) is 0.819. The summed E-state index contributed by atoms with van der Waals surface area (Å²) in [7, 11) is 0. The fourth-order valence-corrected chi connectivity index (χ4v) is 3.19. The second kappa shape index (κ2) is 5.47. The topological polar surface area (TPSA) is 37.0 Å². The first-order valence-electron chi connectivity index (χ1n) is 4.89. The normalized spacial score (nSPS) is 9.07. The fraction of sp³-hybridized carbons (Fsp3) is 0. The molecule has 1 heterocycles. The summed E-state index contributed by atoms with van der Waals surface area (Å²) in [4.78, 5) is 4.21. The zero-order chi connectivity index (χ0) is 10.3. The molecular weight excluding hydrogens is 240 g/mol. The van der Waals surface area contributed by atoms with E-state index in [-0.39, 0.29) is 0 Å². The maximum absolute atomic E-state index is 4.21. The van der Waals surface area contributed by atoms with Gasteiger partial charge in [0.1, 0.15) is 0 Å². The molecule has 0 fully saturated rings. The van der Waals surface area contributed by atoms with Gasteiger partial charge in [-0.2, -0.15) is 0 Å². The van der Waals surface area contributed by atoms with Crippen molar-refractivity contribution in [2.45, 2.75) is 0 Å². The summed E-state index contributed by atoms with van der Waals surface area (Å²) < 4.78 is 6.79. The van der Waals surface area contributed by atoms with Gasteiger partial charge in [-0.25, -0.2) is 0 Å². The molecule has 0 saturated heterocycles. The molecule has 0 unspecified atom stereocenters. The van der Waals surface area contributed by atoms with Gasteiger partial charge in [-0.05, 0) is 0 Å². The van der Waals surface area contributed by atoms with Crippen molar-refractivity contribution in [1.29, 1.82) is 0 Å². The standard InChI is InChI=1S/C6H6N.C5H5N2.Zn/c7-6-4-2-1-3-5-6;6-5-3-1-2-4-7-5;/h1-5,7H;1-4H,(H-,6,7);/q2*-1;+2. The van der Waals surface area contributed by atoms with Crippen LogP contribution in [0.4, 0.5) is 11.5 Å². The molecule has 0 radical (unpaired) electrons. The molecule has 1 aromatic carbocycles. The van der Waals surface area contributed by atoms with Gasteiger partial charge in [-0.3, -0.25) is 0 Å². The molecule has 2 N–H and O–H groups in total. The monoisotopic (exact) mass is 249 g/mol. The van der Waals surface area contributed by atoms with Gasteiger partial charge >= 0.3 is 96.9 Å². The number of hydrogen-bond donors (Lipinski definition) is 2. The van der Waals surface area contributed by atoms with Crippen LogP contribution in [-0.4, -0.2) is 4.98 Å². The Morgan fingerprint density at radius 1 is 0.867 bits per heavy atom. The second-order valence-electron chi connectivity index (χ2n) is 3.11. The van der Waals surface area contributed by atoms with Gasteiger partial charge in [0.25, 0.3) is 0 Å². The van der Waals surface area contributed by atoms with E-state index in [1.807, 2.05) is 36.4 Å². The van der Waals surface area contributed by atoms with Gasteiger partial charge < -0.3 is 0 Å². The summed E-state index contributed by atoms with van der Waals surface area (Å²) in [6.07, 6.45) is 1.80. The van der Waals surface area contributed by atoms with Gasteiger partial charge in [0.2, 0.25) is 0 Å². The van der Waals surface area contributed by atoms with E-state index in [2.05, 4.69) is 25.2 Å². The minimum absolute atomic E-state index is 0.959. The third-order valence-electron chi connectivity index (χ3n) is 2.00. The third-order valence-corrected chi connectivity index (χ3v) is 4.36. The fourth-order valence-electron chi connectivity index (χ4n) is 1.26. The van der Waals surface area contributed by atoms with Crippen molar-refractivity contribution < 1.29 is 17.6 Å². The zero-order valence-corrected chi connectivity index (χ0v) is 11.3. The number of rotatable bonds is 4. The van der Waals surface area contributed by atoms with Crippen LogP contribution >= 0.6 is 0 Å². The summed E-state index contributed by atoms with van der Waals surface area (Å²) in [5, 5.41) is 0. The molecule has 0 spiro atoms.